The van der Waals surface area contributed by atoms with Crippen molar-refractivity contribution in [2.75, 3.05) is 19.6 Å². The average molecular weight is 439 g/mol. The summed E-state index contributed by atoms with van der Waals surface area (Å²) in [5, 5.41) is 8.13. The van der Waals surface area contributed by atoms with Gasteiger partial charge in [0.2, 0.25) is 10.0 Å². The zero-order chi connectivity index (χ0) is 21.7. The van der Waals surface area contributed by atoms with Crippen molar-refractivity contribution in [1.29, 1.82) is 0 Å². The van der Waals surface area contributed by atoms with Crippen molar-refractivity contribution in [3.05, 3.63) is 72.6 Å². The molecule has 0 bridgehead atoms. The Balaban J connectivity index is 1.24. The predicted molar refractivity (Wildman–Crippen MR) is 120 cm³/mol. The highest BCUT2D eigenvalue weighted by molar-refractivity contribution is 7.89. The second-order valence-corrected chi connectivity index (χ2v) is 9.68. The number of hydrogen-bond donors (Lipinski definition) is 2. The molecule has 2 N–H and O–H groups in total. The Morgan fingerprint density at radius 1 is 1.00 bits per heavy atom. The highest BCUT2D eigenvalue weighted by Crippen LogP contribution is 2.23. The monoisotopic (exact) mass is 438 g/mol. The van der Waals surface area contributed by atoms with Gasteiger partial charge in [-0.3, -0.25) is 4.98 Å². The molecule has 0 radical (unpaired) electrons. The van der Waals surface area contributed by atoms with Crippen LogP contribution < -0.4 is 10.6 Å². The smallest absolute Gasteiger partial charge is 0.315 e. The van der Waals surface area contributed by atoms with Crippen LogP contribution in [0.1, 0.15) is 18.4 Å². The van der Waals surface area contributed by atoms with Crippen molar-refractivity contribution in [3.63, 3.8) is 0 Å². The van der Waals surface area contributed by atoms with Crippen molar-refractivity contribution in [1.82, 2.24) is 19.9 Å². The highest BCUT2D eigenvalue weighted by atomic mass is 32.2. The number of carbonyl (C=O) groups is 1. The fourth-order valence-electron chi connectivity index (χ4n) is 3.92. The lowest BCUT2D eigenvalue weighted by Crippen LogP contribution is -2.43. The summed E-state index contributed by atoms with van der Waals surface area (Å²) < 4.78 is 26.9. The second kappa shape index (κ2) is 9.45. The molecule has 3 aromatic rings. The second-order valence-electron chi connectivity index (χ2n) is 7.74. The van der Waals surface area contributed by atoms with Crippen LogP contribution in [-0.2, 0) is 16.6 Å². The molecule has 4 rings (SSSR count). The fraction of sp³-hybridized carbons (Fsp3) is 0.304. The number of urea groups is 1. The molecule has 8 heteroatoms. The molecule has 0 atom stereocenters. The number of aromatic nitrogens is 1. The summed E-state index contributed by atoms with van der Waals surface area (Å²) in [7, 11) is -3.50. The van der Waals surface area contributed by atoms with E-state index in [2.05, 4.69) is 33.8 Å². The maximum Gasteiger partial charge on any atom is 0.315 e. The van der Waals surface area contributed by atoms with Gasteiger partial charge < -0.3 is 10.6 Å². The van der Waals surface area contributed by atoms with E-state index in [4.69, 9.17) is 0 Å². The van der Waals surface area contributed by atoms with Gasteiger partial charge in [-0.25, -0.2) is 13.2 Å². The summed E-state index contributed by atoms with van der Waals surface area (Å²) in [5.74, 6) is 0.253. The molecular formula is C23H26N4O3S. The van der Waals surface area contributed by atoms with Crippen LogP contribution in [0.4, 0.5) is 4.79 Å². The van der Waals surface area contributed by atoms with E-state index in [1.807, 2.05) is 24.3 Å². The van der Waals surface area contributed by atoms with Crippen molar-refractivity contribution in [2.45, 2.75) is 24.3 Å². The number of nitrogens with zero attached hydrogens (tertiary/aromatic N) is 2. The number of benzene rings is 2. The van der Waals surface area contributed by atoms with Crippen molar-refractivity contribution >= 4 is 26.8 Å². The van der Waals surface area contributed by atoms with E-state index in [1.54, 1.807) is 18.3 Å². The van der Waals surface area contributed by atoms with E-state index in [9.17, 15) is 13.2 Å². The third-order valence-electron chi connectivity index (χ3n) is 5.72. The molecule has 0 spiro atoms. The minimum absolute atomic E-state index is 0.210. The Bertz CT molecular complexity index is 1140. The third-order valence-corrected chi connectivity index (χ3v) is 7.60. The van der Waals surface area contributed by atoms with Crippen molar-refractivity contribution < 1.29 is 13.2 Å². The summed E-state index contributed by atoms with van der Waals surface area (Å²) in [4.78, 5) is 16.4. The minimum Gasteiger partial charge on any atom is -0.338 e. The Kier molecular flexibility index (Phi) is 6.48. The van der Waals surface area contributed by atoms with Gasteiger partial charge >= 0.3 is 6.03 Å². The zero-order valence-corrected chi connectivity index (χ0v) is 18.0. The predicted octanol–water partition coefficient (Wildman–Crippen LogP) is 3.13. The number of carbonyl (C=O) groups excluding carboxylic acids is 1. The standard InChI is InChI=1S/C23H26N4O3S/c28-23(26-16-20-7-3-6-19-5-1-2-9-22(19)20)25-15-18-10-13-27(14-11-18)31(29,30)21-8-4-12-24-17-21/h1-9,12,17-18H,10-11,13-16H2,(H2,25,26,28). The first kappa shape index (κ1) is 21.3. The minimum atomic E-state index is -3.50. The van der Waals surface area contributed by atoms with Crippen LogP contribution in [0.25, 0.3) is 10.8 Å². The topological polar surface area (TPSA) is 91.4 Å². The van der Waals surface area contributed by atoms with Crippen LogP contribution in [0, 0.1) is 5.92 Å². The Labute approximate surface area is 182 Å². The van der Waals surface area contributed by atoms with Crippen molar-refractivity contribution in [3.8, 4) is 0 Å². The molecule has 0 unspecified atom stereocenters. The van der Waals surface area contributed by atoms with Gasteiger partial charge in [0, 0.05) is 38.6 Å². The van der Waals surface area contributed by atoms with Crippen LogP contribution in [-0.4, -0.2) is 43.4 Å². The van der Waals surface area contributed by atoms with Gasteiger partial charge in [0.25, 0.3) is 0 Å². The molecular weight excluding hydrogens is 412 g/mol. The summed E-state index contributed by atoms with van der Waals surface area (Å²) in [5.41, 5.74) is 1.07. The highest BCUT2D eigenvalue weighted by Gasteiger charge is 2.29. The SMILES string of the molecule is O=C(NCc1cccc2ccccc12)NCC1CCN(S(=O)(=O)c2cccnc2)CC1. The van der Waals surface area contributed by atoms with E-state index in [-0.39, 0.29) is 16.8 Å². The lowest BCUT2D eigenvalue weighted by Gasteiger charge is -2.31. The van der Waals surface area contributed by atoms with Gasteiger partial charge in [0.1, 0.15) is 4.90 Å². The molecule has 2 heterocycles. The number of rotatable bonds is 6. The fourth-order valence-corrected chi connectivity index (χ4v) is 5.36. The normalized spacial score (nSPS) is 15.6. The number of pyridine rings is 1. The van der Waals surface area contributed by atoms with Gasteiger partial charge in [-0.2, -0.15) is 4.31 Å². The van der Waals surface area contributed by atoms with Crippen LogP contribution >= 0.6 is 0 Å². The van der Waals surface area contributed by atoms with Crippen LogP contribution in [0.5, 0.6) is 0 Å². The van der Waals surface area contributed by atoms with Crippen LogP contribution in [0.3, 0.4) is 0 Å². The Hall–Kier alpha value is -2.97. The van der Waals surface area contributed by atoms with E-state index >= 15 is 0 Å². The van der Waals surface area contributed by atoms with E-state index in [1.165, 1.54) is 10.5 Å². The Morgan fingerprint density at radius 3 is 2.55 bits per heavy atom. The molecule has 1 saturated heterocycles. The van der Waals surface area contributed by atoms with Gasteiger partial charge in [-0.15, -0.1) is 0 Å². The molecule has 2 amide bonds. The van der Waals surface area contributed by atoms with Crippen LogP contribution in [0.2, 0.25) is 0 Å². The maximum atomic E-state index is 12.7. The van der Waals surface area contributed by atoms with Gasteiger partial charge in [-0.05, 0) is 47.2 Å². The lowest BCUT2D eigenvalue weighted by atomic mass is 9.98. The molecule has 1 fully saturated rings. The Morgan fingerprint density at radius 2 is 1.77 bits per heavy atom. The number of sulfonamides is 1. The van der Waals surface area contributed by atoms with Gasteiger partial charge in [0.05, 0.1) is 0 Å². The maximum absolute atomic E-state index is 12.7. The molecule has 0 saturated carbocycles. The largest absolute Gasteiger partial charge is 0.338 e. The molecule has 7 nitrogen and oxygen atoms in total. The lowest BCUT2D eigenvalue weighted by molar-refractivity contribution is 0.230. The molecule has 162 valence electrons. The average Bonchev–Trinajstić information content (AvgIpc) is 2.82. The first-order valence-corrected chi connectivity index (χ1v) is 11.9. The third kappa shape index (κ3) is 5.03. The molecule has 1 aromatic heterocycles. The zero-order valence-electron chi connectivity index (χ0n) is 17.2. The molecule has 31 heavy (non-hydrogen) atoms. The van der Waals surface area contributed by atoms with Crippen molar-refractivity contribution in [2.24, 2.45) is 5.92 Å². The number of hydrogen-bond acceptors (Lipinski definition) is 4. The molecule has 1 aliphatic heterocycles. The summed E-state index contributed by atoms with van der Waals surface area (Å²) in [6.45, 7) is 1.87. The molecule has 2 aromatic carbocycles. The van der Waals surface area contributed by atoms with E-state index < -0.39 is 10.0 Å². The van der Waals surface area contributed by atoms with E-state index in [0.29, 0.717) is 39.0 Å². The van der Waals surface area contributed by atoms with Gasteiger partial charge in [0.15, 0.2) is 0 Å². The quantitative estimate of drug-likeness (QED) is 0.619. The van der Waals surface area contributed by atoms with E-state index in [0.717, 1.165) is 16.3 Å². The first-order chi connectivity index (χ1) is 15.0. The van der Waals surface area contributed by atoms with Gasteiger partial charge in [-0.1, -0.05) is 42.5 Å². The first-order valence-electron chi connectivity index (χ1n) is 10.4. The summed E-state index contributed by atoms with van der Waals surface area (Å²) in [6, 6.07) is 17.1. The molecule has 0 aliphatic carbocycles. The number of nitrogens with one attached hydrogen (secondary N) is 2. The summed E-state index contributed by atoms with van der Waals surface area (Å²) >= 11 is 0. The molecule has 1 aliphatic rings. The number of piperidine rings is 1. The number of amides is 2. The van der Waals surface area contributed by atoms with Crippen LogP contribution in [0.15, 0.2) is 71.9 Å². The summed E-state index contributed by atoms with van der Waals surface area (Å²) in [6.07, 6.45) is 4.36. The number of fused-ring (bicyclic) bond motifs is 1.